The number of nitrogens with one attached hydrogen (secondary N) is 2. The summed E-state index contributed by atoms with van der Waals surface area (Å²) in [5.74, 6) is 2.09. The van der Waals surface area contributed by atoms with E-state index in [4.69, 9.17) is 4.74 Å². The van der Waals surface area contributed by atoms with Gasteiger partial charge in [0.1, 0.15) is 11.6 Å². The summed E-state index contributed by atoms with van der Waals surface area (Å²) in [4.78, 5) is 28.2. The normalized spacial score (nSPS) is 11.0. The van der Waals surface area contributed by atoms with E-state index in [1.165, 1.54) is 22.8 Å². The van der Waals surface area contributed by atoms with E-state index in [2.05, 4.69) is 52.2 Å². The molecule has 2 N–H and O–H groups in total. The van der Waals surface area contributed by atoms with Gasteiger partial charge < -0.3 is 9.72 Å². The van der Waals surface area contributed by atoms with Crippen LogP contribution in [0.3, 0.4) is 0 Å². The van der Waals surface area contributed by atoms with Crippen molar-refractivity contribution in [1.29, 1.82) is 0 Å². The minimum atomic E-state index is -0.549. The maximum absolute atomic E-state index is 11.7. The van der Waals surface area contributed by atoms with Crippen molar-refractivity contribution in [3.05, 3.63) is 97.6 Å². The number of hydrogen-bond donors (Lipinski definition) is 2. The van der Waals surface area contributed by atoms with E-state index in [1.54, 1.807) is 18.9 Å². The average molecular weight is 450 g/mol. The second-order valence-corrected chi connectivity index (χ2v) is 8.38. The van der Waals surface area contributed by atoms with E-state index >= 15 is 0 Å². The van der Waals surface area contributed by atoms with Crippen molar-refractivity contribution >= 4 is 11.8 Å². The number of aryl methyl sites for hydroxylation is 2. The summed E-state index contributed by atoms with van der Waals surface area (Å²) in [6.45, 7) is 4.17. The van der Waals surface area contributed by atoms with E-state index in [1.807, 2.05) is 28.8 Å². The molecule has 0 radical (unpaired) electrons. The fourth-order valence-electron chi connectivity index (χ4n) is 3.38. The summed E-state index contributed by atoms with van der Waals surface area (Å²) in [6.07, 6.45) is 0.252. The lowest BCUT2D eigenvalue weighted by molar-refractivity contribution is 0.414. The van der Waals surface area contributed by atoms with Gasteiger partial charge in [-0.3, -0.25) is 14.3 Å². The molecule has 164 valence electrons. The molecule has 4 aromatic rings. The minimum Gasteiger partial charge on any atom is -0.497 e. The smallest absolute Gasteiger partial charge is 0.325 e. The zero-order valence-corrected chi connectivity index (χ0v) is 18.8. The van der Waals surface area contributed by atoms with Crippen LogP contribution in [0, 0.1) is 13.8 Å². The standard InChI is InChI=1S/C23H23N5O3S/c1-14-4-5-15(2)16(10-14)13-32-23-27-26-20(11-17-12-21(29)25-22(30)24-17)28(23)18-6-8-19(31-3)9-7-18/h4-10,12H,11,13H2,1-3H3,(H2,24,25,29,30). The van der Waals surface area contributed by atoms with Crippen LogP contribution in [-0.4, -0.2) is 31.8 Å². The molecule has 0 aliphatic carbocycles. The van der Waals surface area contributed by atoms with E-state index in [0.29, 0.717) is 11.5 Å². The first kappa shape index (κ1) is 21.6. The molecule has 0 spiro atoms. The Morgan fingerprint density at radius 1 is 1.00 bits per heavy atom. The lowest BCUT2D eigenvalue weighted by atomic mass is 10.1. The number of methoxy groups -OCH3 is 1. The number of benzene rings is 2. The number of nitrogens with zero attached hydrogens (tertiary/aromatic N) is 3. The largest absolute Gasteiger partial charge is 0.497 e. The Morgan fingerprint density at radius 3 is 2.50 bits per heavy atom. The van der Waals surface area contributed by atoms with Crippen molar-refractivity contribution in [2.45, 2.75) is 31.2 Å². The molecular weight excluding hydrogens is 426 g/mol. The van der Waals surface area contributed by atoms with E-state index in [9.17, 15) is 9.59 Å². The second kappa shape index (κ2) is 9.27. The first-order chi connectivity index (χ1) is 15.4. The monoisotopic (exact) mass is 449 g/mol. The molecule has 4 rings (SSSR count). The van der Waals surface area contributed by atoms with Crippen molar-refractivity contribution in [2.75, 3.05) is 7.11 Å². The van der Waals surface area contributed by atoms with Crippen LogP contribution in [0.1, 0.15) is 28.2 Å². The molecule has 9 heteroatoms. The molecule has 2 aromatic carbocycles. The average Bonchev–Trinajstić information content (AvgIpc) is 3.16. The Hall–Kier alpha value is -3.59. The van der Waals surface area contributed by atoms with Gasteiger partial charge in [-0.25, -0.2) is 4.79 Å². The van der Waals surface area contributed by atoms with E-state index < -0.39 is 11.2 Å². The Kier molecular flexibility index (Phi) is 6.27. The van der Waals surface area contributed by atoms with Crippen LogP contribution < -0.4 is 16.0 Å². The Morgan fingerprint density at radius 2 is 1.78 bits per heavy atom. The molecule has 0 fully saturated rings. The molecule has 32 heavy (non-hydrogen) atoms. The third-order valence-electron chi connectivity index (χ3n) is 5.06. The highest BCUT2D eigenvalue weighted by Gasteiger charge is 2.16. The van der Waals surface area contributed by atoms with Crippen LogP contribution in [0.5, 0.6) is 5.75 Å². The van der Waals surface area contributed by atoms with Gasteiger partial charge in [0.2, 0.25) is 0 Å². The van der Waals surface area contributed by atoms with Gasteiger partial charge in [0.15, 0.2) is 5.16 Å². The summed E-state index contributed by atoms with van der Waals surface area (Å²) >= 11 is 1.58. The van der Waals surface area contributed by atoms with Gasteiger partial charge in [0.05, 0.1) is 7.11 Å². The maximum Gasteiger partial charge on any atom is 0.325 e. The Balaban J connectivity index is 1.71. The third-order valence-corrected chi connectivity index (χ3v) is 6.03. The highest BCUT2D eigenvalue weighted by atomic mass is 32.2. The third kappa shape index (κ3) is 4.83. The van der Waals surface area contributed by atoms with Gasteiger partial charge >= 0.3 is 5.69 Å². The summed E-state index contributed by atoms with van der Waals surface area (Å²) in [5.41, 5.74) is 3.99. The van der Waals surface area contributed by atoms with Gasteiger partial charge in [-0.2, -0.15) is 0 Å². The lowest BCUT2D eigenvalue weighted by Crippen LogP contribution is -2.23. The molecule has 0 aliphatic heterocycles. The summed E-state index contributed by atoms with van der Waals surface area (Å²) < 4.78 is 7.21. The second-order valence-electron chi connectivity index (χ2n) is 7.44. The molecule has 0 unspecified atom stereocenters. The molecule has 0 atom stereocenters. The maximum atomic E-state index is 11.7. The van der Waals surface area contributed by atoms with E-state index in [-0.39, 0.29) is 6.42 Å². The fraction of sp³-hybridized carbons (Fsp3) is 0.217. The number of aromatic amines is 2. The zero-order valence-electron chi connectivity index (χ0n) is 18.0. The molecule has 0 aliphatic rings. The van der Waals surface area contributed by atoms with Crippen LogP contribution in [0.25, 0.3) is 5.69 Å². The number of hydrogen-bond acceptors (Lipinski definition) is 6. The number of rotatable bonds is 7. The van der Waals surface area contributed by atoms with Gasteiger partial charge in [-0.05, 0) is 49.2 Å². The summed E-state index contributed by atoms with van der Waals surface area (Å²) in [5, 5.41) is 9.50. The van der Waals surface area contributed by atoms with Gasteiger partial charge in [-0.15, -0.1) is 10.2 Å². The molecule has 0 saturated carbocycles. The van der Waals surface area contributed by atoms with Crippen molar-refractivity contribution in [2.24, 2.45) is 0 Å². The van der Waals surface area contributed by atoms with E-state index in [0.717, 1.165) is 22.3 Å². The molecule has 2 aromatic heterocycles. The molecule has 0 amide bonds. The van der Waals surface area contributed by atoms with Crippen LogP contribution in [-0.2, 0) is 12.2 Å². The van der Waals surface area contributed by atoms with Crippen LogP contribution in [0.15, 0.2) is 63.3 Å². The van der Waals surface area contributed by atoms with Crippen molar-refractivity contribution in [3.8, 4) is 11.4 Å². The zero-order chi connectivity index (χ0) is 22.7. The summed E-state index contributed by atoms with van der Waals surface area (Å²) in [7, 11) is 1.62. The topological polar surface area (TPSA) is 106 Å². The van der Waals surface area contributed by atoms with Crippen LogP contribution >= 0.6 is 11.8 Å². The van der Waals surface area contributed by atoms with Gasteiger partial charge in [0, 0.05) is 29.6 Å². The highest BCUT2D eigenvalue weighted by molar-refractivity contribution is 7.98. The number of ether oxygens (including phenoxy) is 1. The molecule has 8 nitrogen and oxygen atoms in total. The number of H-pyrrole nitrogens is 2. The Labute approximate surface area is 188 Å². The number of aromatic nitrogens is 5. The quantitative estimate of drug-likeness (QED) is 0.420. The summed E-state index contributed by atoms with van der Waals surface area (Å²) in [6, 6.07) is 15.3. The first-order valence-corrected chi connectivity index (χ1v) is 11.0. The van der Waals surface area contributed by atoms with Gasteiger partial charge in [-0.1, -0.05) is 35.5 Å². The number of thioether (sulfide) groups is 1. The SMILES string of the molecule is COc1ccc(-n2c(Cc3cc(=O)[nH]c(=O)[nH]3)nnc2SCc2cc(C)ccc2C)cc1. The molecule has 2 heterocycles. The van der Waals surface area contributed by atoms with Crippen LogP contribution in [0.2, 0.25) is 0 Å². The molecule has 0 saturated heterocycles. The predicted octanol–water partition coefficient (Wildman–Crippen LogP) is 3.15. The van der Waals surface area contributed by atoms with Crippen molar-refractivity contribution in [3.63, 3.8) is 0 Å². The fourth-order valence-corrected chi connectivity index (χ4v) is 4.42. The lowest BCUT2D eigenvalue weighted by Gasteiger charge is -2.12. The van der Waals surface area contributed by atoms with Crippen molar-refractivity contribution in [1.82, 2.24) is 24.7 Å². The Bertz CT molecular complexity index is 1330. The predicted molar refractivity (Wildman–Crippen MR) is 124 cm³/mol. The molecule has 0 bridgehead atoms. The first-order valence-electron chi connectivity index (χ1n) is 10.0. The van der Waals surface area contributed by atoms with Crippen LogP contribution in [0.4, 0.5) is 0 Å². The molecular formula is C23H23N5O3S. The van der Waals surface area contributed by atoms with Gasteiger partial charge in [0.25, 0.3) is 5.56 Å². The van der Waals surface area contributed by atoms with Crippen molar-refractivity contribution < 1.29 is 4.74 Å². The minimum absolute atomic E-state index is 0.252. The highest BCUT2D eigenvalue weighted by Crippen LogP contribution is 2.28.